The molecule has 4 N–H and O–H groups in total. The molecule has 14 heavy (non-hydrogen) atoms. The fraction of sp³-hybridized carbons (Fsp3) is 0.444. The Bertz CT molecular complexity index is 350. The highest BCUT2D eigenvalue weighted by Gasteiger charge is 2.35. The molecule has 0 radical (unpaired) electrons. The van der Waals surface area contributed by atoms with E-state index in [0.717, 1.165) is 6.54 Å². The highest BCUT2D eigenvalue weighted by Crippen LogP contribution is 2.32. The van der Waals surface area contributed by atoms with Crippen molar-refractivity contribution in [3.63, 3.8) is 0 Å². The van der Waals surface area contributed by atoms with Crippen LogP contribution in [0.4, 0.5) is 5.82 Å². The van der Waals surface area contributed by atoms with Crippen molar-refractivity contribution in [3.8, 4) is 0 Å². The molecule has 2 rings (SSSR count). The molecule has 0 saturated carbocycles. The van der Waals surface area contributed by atoms with E-state index >= 15 is 0 Å². The number of aromatic nitrogens is 1. The largest absolute Gasteiger partial charge is 0.384 e. The van der Waals surface area contributed by atoms with Crippen LogP contribution in [0, 0.1) is 0 Å². The van der Waals surface area contributed by atoms with E-state index in [-0.39, 0.29) is 0 Å². The topological polar surface area (TPSA) is 71.2 Å². The highest BCUT2D eigenvalue weighted by atomic mass is 35.5. The SMILES string of the molecule is Nc1ncc(Cl)cc1C1(O)CCNC1. The molecule has 1 atom stereocenters. The molecule has 2 heterocycles. The number of pyridine rings is 1. The van der Waals surface area contributed by atoms with E-state index in [1.807, 2.05) is 0 Å². The predicted molar refractivity (Wildman–Crippen MR) is 55.0 cm³/mol. The van der Waals surface area contributed by atoms with Crippen molar-refractivity contribution in [1.29, 1.82) is 0 Å². The smallest absolute Gasteiger partial charge is 0.129 e. The maximum atomic E-state index is 10.2. The lowest BCUT2D eigenvalue weighted by Crippen LogP contribution is -2.29. The first-order chi connectivity index (χ1) is 6.62. The first kappa shape index (κ1) is 9.71. The lowest BCUT2D eigenvalue weighted by Gasteiger charge is -2.22. The highest BCUT2D eigenvalue weighted by molar-refractivity contribution is 6.30. The summed E-state index contributed by atoms with van der Waals surface area (Å²) in [6.07, 6.45) is 2.12. The number of aliphatic hydroxyl groups is 1. The Morgan fingerprint density at radius 3 is 3.07 bits per heavy atom. The Morgan fingerprint density at radius 1 is 1.64 bits per heavy atom. The summed E-state index contributed by atoms with van der Waals surface area (Å²) in [5.41, 5.74) is 5.40. The van der Waals surface area contributed by atoms with Gasteiger partial charge in [-0.15, -0.1) is 0 Å². The molecule has 4 nitrogen and oxygen atoms in total. The normalized spacial score (nSPS) is 26.7. The summed E-state index contributed by atoms with van der Waals surface area (Å²) in [5, 5.41) is 13.8. The third-order valence-corrected chi connectivity index (χ3v) is 2.73. The lowest BCUT2D eigenvalue weighted by molar-refractivity contribution is 0.0592. The van der Waals surface area contributed by atoms with Crippen LogP contribution in [0.2, 0.25) is 5.02 Å². The summed E-state index contributed by atoms with van der Waals surface area (Å²) < 4.78 is 0. The molecule has 76 valence electrons. The molecule has 1 unspecified atom stereocenters. The van der Waals surface area contributed by atoms with Gasteiger partial charge in [-0.25, -0.2) is 4.98 Å². The van der Waals surface area contributed by atoms with Crippen molar-refractivity contribution in [3.05, 3.63) is 22.8 Å². The second-order valence-corrected chi connectivity index (χ2v) is 3.98. The zero-order valence-electron chi connectivity index (χ0n) is 7.63. The number of hydrogen-bond donors (Lipinski definition) is 3. The Balaban J connectivity index is 2.44. The van der Waals surface area contributed by atoms with Gasteiger partial charge < -0.3 is 16.2 Å². The summed E-state index contributed by atoms with van der Waals surface area (Å²) in [5.74, 6) is 0.348. The number of anilines is 1. The van der Waals surface area contributed by atoms with E-state index in [4.69, 9.17) is 17.3 Å². The van der Waals surface area contributed by atoms with Gasteiger partial charge in [0, 0.05) is 18.3 Å². The standard InChI is InChI=1S/C9H12ClN3O/c10-6-3-7(8(11)13-4-6)9(14)1-2-12-5-9/h3-4,12,14H,1-2,5H2,(H2,11,13). The molecule has 0 spiro atoms. The van der Waals surface area contributed by atoms with Crippen LogP contribution in [0.15, 0.2) is 12.3 Å². The number of rotatable bonds is 1. The van der Waals surface area contributed by atoms with Crippen molar-refractivity contribution in [2.75, 3.05) is 18.8 Å². The van der Waals surface area contributed by atoms with Gasteiger partial charge in [-0.2, -0.15) is 0 Å². The molecule has 1 aliphatic heterocycles. The maximum absolute atomic E-state index is 10.2. The van der Waals surface area contributed by atoms with Crippen molar-refractivity contribution in [2.24, 2.45) is 0 Å². The molecule has 0 amide bonds. The van der Waals surface area contributed by atoms with Crippen LogP contribution in [0.25, 0.3) is 0 Å². The number of nitrogens with one attached hydrogen (secondary N) is 1. The number of nitrogen functional groups attached to an aromatic ring is 1. The van der Waals surface area contributed by atoms with E-state index in [1.54, 1.807) is 6.07 Å². The van der Waals surface area contributed by atoms with Crippen LogP contribution in [0.3, 0.4) is 0 Å². The predicted octanol–water partition coefficient (Wildman–Crippen LogP) is 0.498. The first-order valence-electron chi connectivity index (χ1n) is 4.46. The van der Waals surface area contributed by atoms with Gasteiger partial charge in [0.1, 0.15) is 11.4 Å². The molecule has 0 aromatic carbocycles. The van der Waals surface area contributed by atoms with Crippen LogP contribution in [-0.4, -0.2) is 23.2 Å². The number of halogens is 1. The fourth-order valence-electron chi connectivity index (χ4n) is 1.73. The summed E-state index contributed by atoms with van der Waals surface area (Å²) in [4.78, 5) is 3.93. The zero-order chi connectivity index (χ0) is 10.2. The first-order valence-corrected chi connectivity index (χ1v) is 4.84. The van der Waals surface area contributed by atoms with Gasteiger partial charge in [-0.1, -0.05) is 11.6 Å². The van der Waals surface area contributed by atoms with Gasteiger partial charge in [0.25, 0.3) is 0 Å². The van der Waals surface area contributed by atoms with E-state index in [1.165, 1.54) is 6.20 Å². The molecular weight excluding hydrogens is 202 g/mol. The second-order valence-electron chi connectivity index (χ2n) is 3.54. The number of β-amino-alcohol motifs (C(OH)–C–C–N with tert-alkyl or cyclic N) is 1. The number of hydrogen-bond acceptors (Lipinski definition) is 4. The van der Waals surface area contributed by atoms with E-state index in [9.17, 15) is 5.11 Å². The van der Waals surface area contributed by atoms with Crippen LogP contribution in [0.1, 0.15) is 12.0 Å². The van der Waals surface area contributed by atoms with Crippen molar-refractivity contribution in [2.45, 2.75) is 12.0 Å². The van der Waals surface area contributed by atoms with Crippen LogP contribution >= 0.6 is 11.6 Å². The number of nitrogens with zero attached hydrogens (tertiary/aromatic N) is 1. The van der Waals surface area contributed by atoms with Gasteiger partial charge in [0.05, 0.1) is 5.02 Å². The minimum absolute atomic E-state index is 0.348. The third-order valence-electron chi connectivity index (χ3n) is 2.52. The van der Waals surface area contributed by atoms with Gasteiger partial charge in [0.2, 0.25) is 0 Å². The summed E-state index contributed by atoms with van der Waals surface area (Å²) in [6.45, 7) is 1.28. The van der Waals surface area contributed by atoms with Crippen LogP contribution in [0.5, 0.6) is 0 Å². The Hall–Kier alpha value is -0.840. The van der Waals surface area contributed by atoms with E-state index in [0.29, 0.717) is 29.4 Å². The lowest BCUT2D eigenvalue weighted by atomic mass is 9.94. The molecule has 1 aliphatic rings. The van der Waals surface area contributed by atoms with Crippen LogP contribution in [-0.2, 0) is 5.60 Å². The van der Waals surface area contributed by atoms with Crippen molar-refractivity contribution >= 4 is 17.4 Å². The molecule has 5 heteroatoms. The maximum Gasteiger partial charge on any atom is 0.129 e. The van der Waals surface area contributed by atoms with Crippen molar-refractivity contribution < 1.29 is 5.11 Å². The minimum atomic E-state index is -0.915. The molecule has 1 fully saturated rings. The fourth-order valence-corrected chi connectivity index (χ4v) is 1.89. The Labute approximate surface area is 87.1 Å². The average molecular weight is 214 g/mol. The molecule has 1 aromatic heterocycles. The summed E-state index contributed by atoms with van der Waals surface area (Å²) in [6, 6.07) is 1.68. The third kappa shape index (κ3) is 1.56. The van der Waals surface area contributed by atoms with E-state index < -0.39 is 5.60 Å². The van der Waals surface area contributed by atoms with Gasteiger partial charge in [-0.05, 0) is 19.0 Å². The van der Waals surface area contributed by atoms with Gasteiger partial charge >= 0.3 is 0 Å². The van der Waals surface area contributed by atoms with Crippen LogP contribution < -0.4 is 11.1 Å². The molecule has 1 saturated heterocycles. The second kappa shape index (κ2) is 3.38. The molecule has 0 bridgehead atoms. The average Bonchev–Trinajstić information content (AvgIpc) is 2.58. The molecule has 1 aromatic rings. The molecule has 0 aliphatic carbocycles. The Morgan fingerprint density at radius 2 is 2.43 bits per heavy atom. The monoisotopic (exact) mass is 213 g/mol. The zero-order valence-corrected chi connectivity index (χ0v) is 8.38. The van der Waals surface area contributed by atoms with Gasteiger partial charge in [0.15, 0.2) is 0 Å². The molecular formula is C9H12ClN3O. The summed E-state index contributed by atoms with van der Waals surface area (Å²) >= 11 is 5.81. The Kier molecular flexibility index (Phi) is 2.34. The van der Waals surface area contributed by atoms with E-state index in [2.05, 4.69) is 10.3 Å². The van der Waals surface area contributed by atoms with Gasteiger partial charge in [-0.3, -0.25) is 0 Å². The quantitative estimate of drug-likeness (QED) is 0.635. The van der Waals surface area contributed by atoms with Crippen molar-refractivity contribution in [1.82, 2.24) is 10.3 Å². The number of nitrogens with two attached hydrogens (primary N) is 1. The summed E-state index contributed by atoms with van der Waals surface area (Å²) in [7, 11) is 0. The minimum Gasteiger partial charge on any atom is -0.384 e.